The molecule has 11 nitrogen and oxygen atoms in total. The van der Waals surface area contributed by atoms with Gasteiger partial charge in [0.2, 0.25) is 5.75 Å². The highest BCUT2D eigenvalue weighted by Crippen LogP contribution is 2.39. The van der Waals surface area contributed by atoms with E-state index in [2.05, 4.69) is 4.72 Å². The number of rotatable bonds is 10. The minimum Gasteiger partial charge on any atom is -0.504 e. The standard InChI is InChI=1S/C24H24N2O9S/c1-32-21-14-19(25-36(30,31)18-9-7-17(8-10-18)26(28)29)16(13-20(21)27)6-5-15-11-22(33-2)24(35-4)23(12-15)34-3/h5-14,25,27H,1-4H3/b6-5-. The highest BCUT2D eigenvalue weighted by molar-refractivity contribution is 7.92. The van der Waals surface area contributed by atoms with Gasteiger partial charge in [-0.1, -0.05) is 12.2 Å². The number of hydrogen-bond donors (Lipinski definition) is 2. The molecule has 0 aliphatic heterocycles. The fraction of sp³-hybridized carbons (Fsp3) is 0.167. The van der Waals surface area contributed by atoms with Crippen molar-refractivity contribution in [1.82, 2.24) is 0 Å². The number of methoxy groups -OCH3 is 4. The van der Waals surface area contributed by atoms with E-state index in [4.69, 9.17) is 18.9 Å². The van der Waals surface area contributed by atoms with Crippen LogP contribution < -0.4 is 23.7 Å². The fourth-order valence-electron chi connectivity index (χ4n) is 3.31. The van der Waals surface area contributed by atoms with Crippen LogP contribution in [0.2, 0.25) is 0 Å². The summed E-state index contributed by atoms with van der Waals surface area (Å²) in [7, 11) is 1.65. The summed E-state index contributed by atoms with van der Waals surface area (Å²) in [5.41, 5.74) is 0.817. The molecule has 0 aromatic heterocycles. The van der Waals surface area contributed by atoms with E-state index < -0.39 is 14.9 Å². The molecule has 36 heavy (non-hydrogen) atoms. The van der Waals surface area contributed by atoms with Gasteiger partial charge in [-0.05, 0) is 35.9 Å². The SMILES string of the molecule is COc1cc(NS(=O)(=O)c2ccc([N+](=O)[O-])cc2)c(/C=C\c2cc(OC)c(OC)c(OC)c2)cc1O. The molecule has 0 aliphatic carbocycles. The van der Waals surface area contributed by atoms with Crippen LogP contribution in [-0.2, 0) is 10.0 Å². The lowest BCUT2D eigenvalue weighted by atomic mass is 10.1. The summed E-state index contributed by atoms with van der Waals surface area (Å²) in [6.45, 7) is 0. The molecule has 0 amide bonds. The second-order valence-electron chi connectivity index (χ2n) is 7.26. The number of phenolic OH excluding ortho intramolecular Hbond substituents is 1. The molecule has 3 rings (SSSR count). The Labute approximate surface area is 207 Å². The van der Waals surface area contributed by atoms with Gasteiger partial charge in [0, 0.05) is 23.8 Å². The molecule has 0 aliphatic rings. The summed E-state index contributed by atoms with van der Waals surface area (Å²) in [6.07, 6.45) is 3.24. The molecular weight excluding hydrogens is 492 g/mol. The number of nitrogens with one attached hydrogen (secondary N) is 1. The number of non-ortho nitro benzene ring substituents is 1. The van der Waals surface area contributed by atoms with Crippen molar-refractivity contribution in [1.29, 1.82) is 0 Å². The molecule has 3 aromatic carbocycles. The first-order valence-corrected chi connectivity index (χ1v) is 11.8. The van der Waals surface area contributed by atoms with Crippen LogP contribution in [0, 0.1) is 10.1 Å². The molecule has 0 saturated heterocycles. The van der Waals surface area contributed by atoms with Crippen molar-refractivity contribution in [3.05, 3.63) is 69.8 Å². The first kappa shape index (κ1) is 26.2. The molecule has 0 fully saturated rings. The Kier molecular flexibility index (Phi) is 7.90. The summed E-state index contributed by atoms with van der Waals surface area (Å²) in [5, 5.41) is 21.2. The van der Waals surface area contributed by atoms with Gasteiger partial charge in [0.15, 0.2) is 23.0 Å². The van der Waals surface area contributed by atoms with Crippen molar-refractivity contribution in [2.24, 2.45) is 0 Å². The zero-order valence-electron chi connectivity index (χ0n) is 19.8. The minimum atomic E-state index is -4.13. The summed E-state index contributed by atoms with van der Waals surface area (Å²) >= 11 is 0. The van der Waals surface area contributed by atoms with Gasteiger partial charge in [-0.3, -0.25) is 14.8 Å². The van der Waals surface area contributed by atoms with Crippen LogP contribution in [0.1, 0.15) is 11.1 Å². The van der Waals surface area contributed by atoms with Gasteiger partial charge >= 0.3 is 0 Å². The molecule has 0 bridgehead atoms. The average Bonchev–Trinajstić information content (AvgIpc) is 2.87. The number of sulfonamides is 1. The lowest BCUT2D eigenvalue weighted by Gasteiger charge is -2.14. The molecule has 0 heterocycles. The fourth-order valence-corrected chi connectivity index (χ4v) is 4.39. The number of nitro groups is 1. The summed E-state index contributed by atoms with van der Waals surface area (Å²) in [4.78, 5) is 10.1. The lowest BCUT2D eigenvalue weighted by Crippen LogP contribution is -2.14. The maximum atomic E-state index is 13.0. The zero-order valence-corrected chi connectivity index (χ0v) is 20.7. The van der Waals surface area contributed by atoms with Crippen LogP contribution in [0.25, 0.3) is 12.2 Å². The Morgan fingerprint density at radius 1 is 0.861 bits per heavy atom. The van der Waals surface area contributed by atoms with Crippen molar-refractivity contribution in [3.63, 3.8) is 0 Å². The number of ether oxygens (including phenoxy) is 4. The van der Waals surface area contributed by atoms with Gasteiger partial charge in [-0.2, -0.15) is 0 Å². The second kappa shape index (κ2) is 10.9. The molecule has 0 atom stereocenters. The van der Waals surface area contributed by atoms with Gasteiger partial charge in [-0.15, -0.1) is 0 Å². The minimum absolute atomic E-state index is 0.0429. The Morgan fingerprint density at radius 2 is 1.44 bits per heavy atom. The molecule has 0 unspecified atom stereocenters. The number of nitrogens with zero attached hydrogens (tertiary/aromatic N) is 1. The van der Waals surface area contributed by atoms with Crippen LogP contribution in [0.15, 0.2) is 53.4 Å². The molecule has 190 valence electrons. The first-order valence-electron chi connectivity index (χ1n) is 10.3. The predicted molar refractivity (Wildman–Crippen MR) is 134 cm³/mol. The third-order valence-electron chi connectivity index (χ3n) is 5.10. The van der Waals surface area contributed by atoms with Crippen LogP contribution in [-0.4, -0.2) is 46.9 Å². The van der Waals surface area contributed by atoms with Crippen molar-refractivity contribution >= 4 is 33.6 Å². The normalized spacial score (nSPS) is 11.2. The van der Waals surface area contributed by atoms with E-state index in [1.165, 1.54) is 40.6 Å². The Hall–Kier alpha value is -4.45. The van der Waals surface area contributed by atoms with Crippen LogP contribution in [0.5, 0.6) is 28.7 Å². The van der Waals surface area contributed by atoms with E-state index in [0.717, 1.165) is 24.3 Å². The smallest absolute Gasteiger partial charge is 0.269 e. The molecule has 0 radical (unpaired) electrons. The van der Waals surface area contributed by atoms with E-state index >= 15 is 0 Å². The third-order valence-corrected chi connectivity index (χ3v) is 6.48. The number of benzene rings is 3. The molecular formula is C24H24N2O9S. The van der Waals surface area contributed by atoms with Gasteiger partial charge in [0.25, 0.3) is 15.7 Å². The first-order chi connectivity index (χ1) is 17.1. The second-order valence-corrected chi connectivity index (χ2v) is 8.94. The van der Waals surface area contributed by atoms with Crippen molar-refractivity contribution < 1.29 is 37.4 Å². The van der Waals surface area contributed by atoms with Gasteiger partial charge in [0.1, 0.15) is 0 Å². The highest BCUT2D eigenvalue weighted by Gasteiger charge is 2.19. The number of aromatic hydroxyl groups is 1. The average molecular weight is 517 g/mol. The molecule has 12 heteroatoms. The maximum absolute atomic E-state index is 13.0. The number of phenols is 1. The van der Waals surface area contributed by atoms with E-state index in [9.17, 15) is 23.6 Å². The highest BCUT2D eigenvalue weighted by atomic mass is 32.2. The van der Waals surface area contributed by atoms with Gasteiger partial charge < -0.3 is 24.1 Å². The van der Waals surface area contributed by atoms with Gasteiger partial charge in [0.05, 0.1) is 43.9 Å². The number of anilines is 1. The molecule has 0 saturated carbocycles. The Balaban J connectivity index is 2.03. The van der Waals surface area contributed by atoms with E-state index in [1.807, 2.05) is 0 Å². The van der Waals surface area contributed by atoms with Crippen molar-refractivity contribution in [3.8, 4) is 28.7 Å². The predicted octanol–water partition coefficient (Wildman–Crippen LogP) is 4.31. The van der Waals surface area contributed by atoms with Crippen molar-refractivity contribution in [2.45, 2.75) is 4.90 Å². The van der Waals surface area contributed by atoms with Gasteiger partial charge in [-0.25, -0.2) is 8.42 Å². The number of hydrogen-bond acceptors (Lipinski definition) is 9. The topological polar surface area (TPSA) is 146 Å². The lowest BCUT2D eigenvalue weighted by molar-refractivity contribution is -0.384. The zero-order chi connectivity index (χ0) is 26.5. The molecule has 3 aromatic rings. The monoisotopic (exact) mass is 516 g/mol. The summed E-state index contributed by atoms with van der Waals surface area (Å²) < 4.78 is 49.5. The molecule has 2 N–H and O–H groups in total. The third kappa shape index (κ3) is 5.61. The van der Waals surface area contributed by atoms with Crippen molar-refractivity contribution in [2.75, 3.05) is 33.2 Å². The maximum Gasteiger partial charge on any atom is 0.269 e. The van der Waals surface area contributed by atoms with E-state index in [-0.39, 0.29) is 27.8 Å². The summed E-state index contributed by atoms with van der Waals surface area (Å²) in [6, 6.07) is 10.5. The quantitative estimate of drug-likeness (QED) is 0.174. The Bertz CT molecular complexity index is 1380. The van der Waals surface area contributed by atoms with E-state index in [0.29, 0.717) is 28.4 Å². The van der Waals surface area contributed by atoms with E-state index in [1.54, 1.807) is 24.3 Å². The molecule has 0 spiro atoms. The van der Waals surface area contributed by atoms with Crippen LogP contribution in [0.3, 0.4) is 0 Å². The largest absolute Gasteiger partial charge is 0.504 e. The number of nitro benzene ring substituents is 1. The summed E-state index contributed by atoms with van der Waals surface area (Å²) in [5.74, 6) is 1.10. The van der Waals surface area contributed by atoms with Crippen LogP contribution in [0.4, 0.5) is 11.4 Å². The Morgan fingerprint density at radius 3 is 1.94 bits per heavy atom. The van der Waals surface area contributed by atoms with Crippen LogP contribution >= 0.6 is 0 Å².